The average molecular weight is 183 g/mol. The van der Waals surface area contributed by atoms with Crippen molar-refractivity contribution in [2.45, 2.75) is 57.1 Å². The molecule has 0 bridgehead atoms. The Hall–Kier alpha value is -0.0800. The minimum absolute atomic E-state index is 0.0686. The second kappa shape index (κ2) is 4.43. The molecule has 2 heteroatoms. The predicted octanol–water partition coefficient (Wildman–Crippen LogP) is 1.68. The first-order chi connectivity index (χ1) is 6.36. The predicted molar refractivity (Wildman–Crippen MR) is 53.6 cm³/mol. The molecule has 76 valence electrons. The lowest BCUT2D eigenvalue weighted by molar-refractivity contribution is 0.149. The van der Waals surface area contributed by atoms with E-state index in [1.54, 1.807) is 0 Å². The molecule has 13 heavy (non-hydrogen) atoms. The van der Waals surface area contributed by atoms with Gasteiger partial charge in [0.15, 0.2) is 0 Å². The zero-order valence-electron chi connectivity index (χ0n) is 8.34. The Kier molecular flexibility index (Phi) is 3.23. The van der Waals surface area contributed by atoms with Gasteiger partial charge in [-0.25, -0.2) is 0 Å². The molecule has 2 aliphatic rings. The first-order valence-corrected chi connectivity index (χ1v) is 5.78. The van der Waals surface area contributed by atoms with Gasteiger partial charge in [-0.1, -0.05) is 12.8 Å². The van der Waals surface area contributed by atoms with Crippen molar-refractivity contribution in [1.29, 1.82) is 0 Å². The van der Waals surface area contributed by atoms with Gasteiger partial charge in [-0.2, -0.15) is 0 Å². The number of rotatable bonds is 5. The van der Waals surface area contributed by atoms with Gasteiger partial charge in [0.25, 0.3) is 0 Å². The number of nitrogens with one attached hydrogen (secondary N) is 1. The fraction of sp³-hybridized carbons (Fsp3) is 1.00. The molecule has 2 N–H and O–H groups in total. The van der Waals surface area contributed by atoms with Crippen LogP contribution in [-0.4, -0.2) is 23.8 Å². The summed E-state index contributed by atoms with van der Waals surface area (Å²) >= 11 is 0. The molecule has 0 aromatic rings. The van der Waals surface area contributed by atoms with Crippen molar-refractivity contribution in [3.8, 4) is 0 Å². The summed E-state index contributed by atoms with van der Waals surface area (Å²) in [5, 5.41) is 13.0. The van der Waals surface area contributed by atoms with Crippen LogP contribution >= 0.6 is 0 Å². The van der Waals surface area contributed by atoms with Crippen molar-refractivity contribution in [1.82, 2.24) is 5.32 Å². The molecule has 2 nitrogen and oxygen atoms in total. The van der Waals surface area contributed by atoms with Crippen LogP contribution in [0.1, 0.15) is 44.9 Å². The topological polar surface area (TPSA) is 32.3 Å². The lowest BCUT2D eigenvalue weighted by Gasteiger charge is -2.15. The molecular formula is C11H21NO. The summed E-state index contributed by atoms with van der Waals surface area (Å²) in [5.74, 6) is 1.05. The summed E-state index contributed by atoms with van der Waals surface area (Å²) < 4.78 is 0. The van der Waals surface area contributed by atoms with Crippen LogP contribution in [-0.2, 0) is 0 Å². The van der Waals surface area contributed by atoms with Crippen LogP contribution in [0.2, 0.25) is 0 Å². The van der Waals surface area contributed by atoms with Gasteiger partial charge in [0.05, 0.1) is 6.10 Å². The number of hydrogen-bond donors (Lipinski definition) is 2. The van der Waals surface area contributed by atoms with Crippen molar-refractivity contribution < 1.29 is 5.11 Å². The van der Waals surface area contributed by atoms with Gasteiger partial charge < -0.3 is 10.4 Å². The van der Waals surface area contributed by atoms with Crippen molar-refractivity contribution >= 4 is 0 Å². The molecule has 0 amide bonds. The van der Waals surface area contributed by atoms with E-state index in [4.69, 9.17) is 0 Å². The van der Waals surface area contributed by atoms with E-state index in [0.717, 1.165) is 18.9 Å². The molecule has 0 radical (unpaired) electrons. The molecule has 2 rings (SSSR count). The number of aliphatic hydroxyl groups is 1. The summed E-state index contributed by atoms with van der Waals surface area (Å²) in [7, 11) is 0. The molecular weight excluding hydrogens is 162 g/mol. The molecule has 0 spiro atoms. The highest BCUT2D eigenvalue weighted by atomic mass is 16.3. The summed E-state index contributed by atoms with van der Waals surface area (Å²) in [6.07, 6.45) is 8.93. The van der Waals surface area contributed by atoms with Crippen molar-refractivity contribution in [2.75, 3.05) is 6.54 Å². The van der Waals surface area contributed by atoms with E-state index in [9.17, 15) is 5.11 Å². The van der Waals surface area contributed by atoms with Gasteiger partial charge in [0.1, 0.15) is 0 Å². The Morgan fingerprint density at radius 2 is 2.00 bits per heavy atom. The van der Waals surface area contributed by atoms with Crippen LogP contribution < -0.4 is 5.32 Å². The molecule has 2 fully saturated rings. The lowest BCUT2D eigenvalue weighted by atomic mass is 10.2. The van der Waals surface area contributed by atoms with E-state index >= 15 is 0 Å². The summed E-state index contributed by atoms with van der Waals surface area (Å²) in [5.41, 5.74) is 0. The Morgan fingerprint density at radius 3 is 2.62 bits per heavy atom. The first-order valence-electron chi connectivity index (χ1n) is 5.78. The smallest absolute Gasteiger partial charge is 0.0693 e. The van der Waals surface area contributed by atoms with Crippen LogP contribution in [0.5, 0.6) is 0 Å². The van der Waals surface area contributed by atoms with Gasteiger partial charge in [-0.15, -0.1) is 0 Å². The summed E-state index contributed by atoms with van der Waals surface area (Å²) in [6.45, 7) is 1.11. The van der Waals surface area contributed by atoms with Gasteiger partial charge in [0.2, 0.25) is 0 Å². The van der Waals surface area contributed by atoms with Crippen LogP contribution in [0.4, 0.5) is 0 Å². The van der Waals surface area contributed by atoms with E-state index < -0.39 is 0 Å². The minimum Gasteiger partial charge on any atom is -0.392 e. The first kappa shape index (κ1) is 9.47. The van der Waals surface area contributed by atoms with E-state index in [-0.39, 0.29) is 6.10 Å². The van der Waals surface area contributed by atoms with E-state index in [0.29, 0.717) is 6.04 Å². The van der Waals surface area contributed by atoms with Crippen molar-refractivity contribution in [3.05, 3.63) is 0 Å². The van der Waals surface area contributed by atoms with Gasteiger partial charge in [-0.05, 0) is 44.6 Å². The zero-order valence-corrected chi connectivity index (χ0v) is 8.34. The largest absolute Gasteiger partial charge is 0.392 e. The fourth-order valence-corrected chi connectivity index (χ4v) is 2.26. The highest BCUT2D eigenvalue weighted by Gasteiger charge is 2.24. The third-order valence-electron chi connectivity index (χ3n) is 3.37. The van der Waals surface area contributed by atoms with Gasteiger partial charge in [0, 0.05) is 6.04 Å². The van der Waals surface area contributed by atoms with Crippen molar-refractivity contribution in [2.24, 2.45) is 5.92 Å². The fourth-order valence-electron chi connectivity index (χ4n) is 2.26. The van der Waals surface area contributed by atoms with Crippen LogP contribution in [0.3, 0.4) is 0 Å². The second-order valence-corrected chi connectivity index (χ2v) is 4.64. The monoisotopic (exact) mass is 183 g/mol. The van der Waals surface area contributed by atoms with E-state index in [1.807, 2.05) is 0 Å². The SMILES string of the molecule is O[C@H]1CCC[C@@H]1NCCCC1CC1. The van der Waals surface area contributed by atoms with Gasteiger partial charge >= 0.3 is 0 Å². The maximum Gasteiger partial charge on any atom is 0.0693 e. The zero-order chi connectivity index (χ0) is 9.10. The Labute approximate surface area is 80.7 Å². The average Bonchev–Trinajstić information content (AvgIpc) is 2.86. The molecule has 0 saturated heterocycles. The van der Waals surface area contributed by atoms with Crippen molar-refractivity contribution in [3.63, 3.8) is 0 Å². The summed E-state index contributed by atoms with van der Waals surface area (Å²) in [6, 6.07) is 0.402. The second-order valence-electron chi connectivity index (χ2n) is 4.64. The molecule has 0 aromatic carbocycles. The highest BCUT2D eigenvalue weighted by molar-refractivity contribution is 4.82. The minimum atomic E-state index is -0.0686. The van der Waals surface area contributed by atoms with Crippen LogP contribution in [0, 0.1) is 5.92 Å². The molecule has 2 saturated carbocycles. The quantitative estimate of drug-likeness (QED) is 0.636. The third kappa shape index (κ3) is 2.96. The molecule has 0 aromatic heterocycles. The molecule has 0 aliphatic heterocycles. The molecule has 0 unspecified atom stereocenters. The maximum atomic E-state index is 9.55. The molecule has 0 heterocycles. The van der Waals surface area contributed by atoms with E-state index in [2.05, 4.69) is 5.32 Å². The highest BCUT2D eigenvalue weighted by Crippen LogP contribution is 2.33. The van der Waals surface area contributed by atoms with Crippen LogP contribution in [0.25, 0.3) is 0 Å². The molecule has 2 aliphatic carbocycles. The Balaban J connectivity index is 1.51. The maximum absolute atomic E-state index is 9.55. The third-order valence-corrected chi connectivity index (χ3v) is 3.37. The van der Waals surface area contributed by atoms with Crippen LogP contribution in [0.15, 0.2) is 0 Å². The molecule has 2 atom stereocenters. The number of hydrogen-bond acceptors (Lipinski definition) is 2. The van der Waals surface area contributed by atoms with E-state index in [1.165, 1.54) is 38.5 Å². The number of aliphatic hydroxyl groups excluding tert-OH is 1. The Morgan fingerprint density at radius 1 is 1.15 bits per heavy atom. The normalized spacial score (nSPS) is 33.9. The summed E-state index contributed by atoms with van der Waals surface area (Å²) in [4.78, 5) is 0. The Bertz CT molecular complexity index is 156. The van der Waals surface area contributed by atoms with Gasteiger partial charge in [-0.3, -0.25) is 0 Å². The lowest BCUT2D eigenvalue weighted by Crippen LogP contribution is -2.36. The standard InChI is InChI=1S/C11H21NO/c13-11-5-1-4-10(11)12-8-2-3-9-6-7-9/h9-13H,1-8H2/t10-,11-/m0/s1.